The van der Waals surface area contributed by atoms with E-state index < -0.39 is 52.7 Å². The molecule has 274 valence electrons. The second-order valence-electron chi connectivity index (χ2n) is 15.0. The van der Waals surface area contributed by atoms with Gasteiger partial charge in [0, 0.05) is 25.4 Å². The summed E-state index contributed by atoms with van der Waals surface area (Å²) in [7, 11) is 1.68. The van der Waals surface area contributed by atoms with E-state index >= 15 is 0 Å². The predicted octanol–water partition coefficient (Wildman–Crippen LogP) is 8.06. The lowest BCUT2D eigenvalue weighted by atomic mass is 9.90. The third-order valence-corrected chi connectivity index (χ3v) is 7.31. The largest absolute Gasteiger partial charge is 0.444 e. The van der Waals surface area contributed by atoms with Crippen LogP contribution in [0.5, 0.6) is 11.8 Å². The molecule has 1 saturated carbocycles. The Morgan fingerprint density at radius 3 is 1.86 bits per heavy atom. The average molecular weight is 708 g/mol. The van der Waals surface area contributed by atoms with Gasteiger partial charge in [-0.05, 0) is 94.1 Å². The summed E-state index contributed by atoms with van der Waals surface area (Å²) < 4.78 is 64.7. The Kier molecular flexibility index (Phi) is 10.6. The Labute approximate surface area is 288 Å². The first-order valence-electron chi connectivity index (χ1n) is 16.1. The first kappa shape index (κ1) is 38.1. The summed E-state index contributed by atoms with van der Waals surface area (Å²) in [4.78, 5) is 54.6. The summed E-state index contributed by atoms with van der Waals surface area (Å²) in [5, 5.41) is 4.53. The summed E-state index contributed by atoms with van der Waals surface area (Å²) in [5.41, 5.74) is -3.64. The Morgan fingerprint density at radius 2 is 1.34 bits per heavy atom. The molecule has 0 bridgehead atoms. The summed E-state index contributed by atoms with van der Waals surface area (Å²) >= 11 is 0. The maximum Gasteiger partial charge on any atom is 0.425 e. The predicted molar refractivity (Wildman–Crippen MR) is 175 cm³/mol. The van der Waals surface area contributed by atoms with E-state index in [0.717, 1.165) is 18.6 Å². The third kappa shape index (κ3) is 9.50. The Morgan fingerprint density at radius 1 is 0.800 bits per heavy atom. The highest BCUT2D eigenvalue weighted by molar-refractivity contribution is 6.14. The average Bonchev–Trinajstić information content (AvgIpc) is 3.33. The van der Waals surface area contributed by atoms with Gasteiger partial charge in [0.15, 0.2) is 11.5 Å². The summed E-state index contributed by atoms with van der Waals surface area (Å²) in [6.45, 7) is 15.0. The molecule has 1 aliphatic rings. The molecule has 17 heteroatoms. The first-order chi connectivity index (χ1) is 22.9. The van der Waals surface area contributed by atoms with Crippen molar-refractivity contribution in [2.24, 2.45) is 0 Å². The van der Waals surface area contributed by atoms with Gasteiger partial charge in [-0.25, -0.2) is 34.0 Å². The maximum absolute atomic E-state index is 13.6. The quantitative estimate of drug-likeness (QED) is 0.237. The van der Waals surface area contributed by atoms with Crippen molar-refractivity contribution < 1.29 is 46.5 Å². The number of nitrogens with zero attached hydrogens (tertiary/aromatic N) is 7. The van der Waals surface area contributed by atoms with Crippen LogP contribution in [-0.4, -0.2) is 77.8 Å². The highest BCUT2D eigenvalue weighted by atomic mass is 19.4. The molecule has 1 fully saturated rings. The first-order valence-corrected chi connectivity index (χ1v) is 16.1. The van der Waals surface area contributed by atoms with Crippen LogP contribution in [0.15, 0.2) is 24.7 Å². The lowest BCUT2D eigenvalue weighted by Gasteiger charge is -2.35. The zero-order valence-corrected chi connectivity index (χ0v) is 29.9. The Balaban J connectivity index is 1.82. The van der Waals surface area contributed by atoms with Crippen molar-refractivity contribution in [1.29, 1.82) is 0 Å². The van der Waals surface area contributed by atoms with Crippen LogP contribution in [0.25, 0.3) is 11.0 Å². The number of rotatable bonds is 5. The molecule has 0 atom stereocenters. The van der Waals surface area contributed by atoms with Crippen LogP contribution in [0.4, 0.5) is 33.4 Å². The highest BCUT2D eigenvalue weighted by Crippen LogP contribution is 2.40. The number of hydrogen-bond donors (Lipinski definition) is 0. The summed E-state index contributed by atoms with van der Waals surface area (Å²) in [5.74, 6) is -1.09. The number of fused-ring (bicyclic) bond motifs is 1. The molecule has 3 heterocycles. The number of anilines is 1. The zero-order chi connectivity index (χ0) is 37.4. The van der Waals surface area contributed by atoms with Crippen LogP contribution in [0.3, 0.4) is 0 Å². The standard InChI is InChI=1S/C33H44F3N7O7/c1-30(2,3)48-27(44)41(10)20-11-13-21(14-12-20)43-25-23(26(40-43)47-22-17-19(15-16-37-22)33(34,35)36)24(38-18-39-25)42(28(45)49-31(4,5)6)29(46)50-32(7,8)9/h15-18,20-21H,11-14H2,1-10H3/t20-,21-. The van der Waals surface area contributed by atoms with Crippen LogP contribution in [0.1, 0.15) is 99.6 Å². The topological polar surface area (TPSA) is 151 Å². The van der Waals surface area contributed by atoms with E-state index in [9.17, 15) is 27.6 Å². The summed E-state index contributed by atoms with van der Waals surface area (Å²) in [6, 6.07) is 1.03. The van der Waals surface area contributed by atoms with Crippen molar-refractivity contribution in [3.05, 3.63) is 30.2 Å². The molecule has 0 radical (unpaired) electrons. The molecule has 0 saturated heterocycles. The Hall–Kier alpha value is -4.70. The minimum atomic E-state index is -4.69. The molecular formula is C33H44F3N7O7. The van der Waals surface area contributed by atoms with Gasteiger partial charge in [-0.15, -0.1) is 5.10 Å². The number of imide groups is 1. The molecule has 3 aromatic rings. The van der Waals surface area contributed by atoms with Crippen molar-refractivity contribution in [3.8, 4) is 11.8 Å². The number of amides is 3. The molecular weight excluding hydrogens is 663 g/mol. The fourth-order valence-electron chi connectivity index (χ4n) is 5.20. The van der Waals surface area contributed by atoms with Crippen molar-refractivity contribution >= 4 is 35.1 Å². The van der Waals surface area contributed by atoms with Crippen LogP contribution in [0, 0.1) is 0 Å². The van der Waals surface area contributed by atoms with Crippen LogP contribution in [0.2, 0.25) is 0 Å². The van der Waals surface area contributed by atoms with E-state index in [2.05, 4.69) is 20.1 Å². The molecule has 3 amide bonds. The zero-order valence-electron chi connectivity index (χ0n) is 29.9. The minimum Gasteiger partial charge on any atom is -0.444 e. The monoisotopic (exact) mass is 707 g/mol. The number of alkyl halides is 3. The van der Waals surface area contributed by atoms with E-state index in [1.54, 1.807) is 74.3 Å². The summed E-state index contributed by atoms with van der Waals surface area (Å²) in [6.07, 6.45) is -3.20. The van der Waals surface area contributed by atoms with Gasteiger partial charge in [0.25, 0.3) is 5.88 Å². The number of halogens is 3. The van der Waals surface area contributed by atoms with Gasteiger partial charge in [0.05, 0.1) is 11.6 Å². The number of aromatic nitrogens is 5. The van der Waals surface area contributed by atoms with Gasteiger partial charge in [-0.3, -0.25) is 0 Å². The van der Waals surface area contributed by atoms with E-state index in [1.807, 2.05) is 0 Å². The number of carbonyl (C=O) groups excluding carboxylic acids is 3. The van der Waals surface area contributed by atoms with Crippen molar-refractivity contribution in [1.82, 2.24) is 29.6 Å². The van der Waals surface area contributed by atoms with Gasteiger partial charge in [0.1, 0.15) is 28.5 Å². The molecule has 0 N–H and O–H groups in total. The fourth-order valence-corrected chi connectivity index (χ4v) is 5.20. The van der Waals surface area contributed by atoms with E-state index in [0.29, 0.717) is 36.6 Å². The molecule has 0 unspecified atom stereocenters. The highest BCUT2D eigenvalue weighted by Gasteiger charge is 2.39. The van der Waals surface area contributed by atoms with Gasteiger partial charge >= 0.3 is 24.5 Å². The molecule has 0 aliphatic heterocycles. The van der Waals surface area contributed by atoms with Crippen LogP contribution in [-0.2, 0) is 20.4 Å². The molecule has 1 aliphatic carbocycles. The van der Waals surface area contributed by atoms with Crippen molar-refractivity contribution in [3.63, 3.8) is 0 Å². The van der Waals surface area contributed by atoms with Gasteiger partial charge in [0.2, 0.25) is 5.88 Å². The minimum absolute atomic E-state index is 0.0728. The van der Waals surface area contributed by atoms with Gasteiger partial charge in [-0.1, -0.05) is 0 Å². The van der Waals surface area contributed by atoms with Crippen molar-refractivity contribution in [2.75, 3.05) is 11.9 Å². The fraction of sp³-hybridized carbons (Fsp3) is 0.606. The number of ether oxygens (including phenoxy) is 4. The Bertz CT molecular complexity index is 1690. The maximum atomic E-state index is 13.6. The molecule has 0 spiro atoms. The van der Waals surface area contributed by atoms with Crippen LogP contribution >= 0.6 is 0 Å². The van der Waals surface area contributed by atoms with E-state index in [-0.39, 0.29) is 34.8 Å². The third-order valence-electron chi connectivity index (χ3n) is 7.31. The van der Waals surface area contributed by atoms with Gasteiger partial charge in [-0.2, -0.15) is 18.1 Å². The van der Waals surface area contributed by atoms with E-state index in [1.165, 1.54) is 4.68 Å². The second-order valence-corrected chi connectivity index (χ2v) is 15.0. The number of carbonyl (C=O) groups is 3. The SMILES string of the molecule is CN(C(=O)OC(C)(C)C)[C@H]1CC[C@H](n2nc(Oc3cc(C(F)(F)F)ccn3)c3c(N(C(=O)OC(C)(C)C)C(=O)OC(C)(C)C)ncnc32)CC1. The molecule has 14 nitrogen and oxygen atoms in total. The lowest BCUT2D eigenvalue weighted by molar-refractivity contribution is -0.137. The molecule has 3 aromatic heterocycles. The smallest absolute Gasteiger partial charge is 0.425 e. The van der Waals surface area contributed by atoms with Crippen LogP contribution < -0.4 is 9.64 Å². The normalized spacial score (nSPS) is 17.2. The molecule has 50 heavy (non-hydrogen) atoms. The van der Waals surface area contributed by atoms with Crippen molar-refractivity contribution in [2.45, 2.75) is 123 Å². The number of hydrogen-bond acceptors (Lipinski definition) is 11. The second kappa shape index (κ2) is 13.9. The lowest BCUT2D eigenvalue weighted by Crippen LogP contribution is -2.44. The van der Waals surface area contributed by atoms with Gasteiger partial charge < -0.3 is 23.8 Å². The molecule has 0 aromatic carbocycles. The van der Waals surface area contributed by atoms with E-state index in [4.69, 9.17) is 18.9 Å². The molecule has 4 rings (SSSR count). The number of pyridine rings is 1.